The van der Waals surface area contributed by atoms with Crippen molar-refractivity contribution in [1.29, 1.82) is 0 Å². The second kappa shape index (κ2) is 9.71. The molecule has 146 valence electrons. The van der Waals surface area contributed by atoms with Gasteiger partial charge < -0.3 is 10.1 Å². The zero-order chi connectivity index (χ0) is 19.9. The molecule has 0 spiro atoms. The van der Waals surface area contributed by atoms with Crippen LogP contribution in [0.2, 0.25) is 0 Å². The molecule has 0 atom stereocenters. The number of pyridine rings is 1. The molecule has 0 aliphatic carbocycles. The molecule has 2 aromatic heterocycles. The maximum atomic E-state index is 12.7. The lowest BCUT2D eigenvalue weighted by atomic mass is 10.2. The number of ether oxygens (including phenoxy) is 1. The molecule has 7 heteroatoms. The molecule has 0 aliphatic heterocycles. The Bertz CT molecular complexity index is 923. The van der Waals surface area contributed by atoms with Gasteiger partial charge in [0.2, 0.25) is 5.88 Å². The van der Waals surface area contributed by atoms with E-state index in [0.717, 1.165) is 26.9 Å². The second-order valence-electron chi connectivity index (χ2n) is 6.50. The largest absolute Gasteiger partial charge is 0.475 e. The van der Waals surface area contributed by atoms with Gasteiger partial charge in [0.15, 0.2) is 0 Å². The summed E-state index contributed by atoms with van der Waals surface area (Å²) in [5.41, 5.74) is 2.64. The number of aromatic nitrogens is 2. The highest BCUT2D eigenvalue weighted by atomic mass is 32.2. The van der Waals surface area contributed by atoms with Crippen molar-refractivity contribution < 1.29 is 9.53 Å². The topological polar surface area (TPSA) is 64.1 Å². The predicted molar refractivity (Wildman–Crippen MR) is 114 cm³/mol. The Hall–Kier alpha value is -2.38. The van der Waals surface area contributed by atoms with E-state index >= 15 is 0 Å². The third-order valence-electron chi connectivity index (χ3n) is 3.78. The standard InChI is InChI=1S/C21H23N3O2S2/c1-14(2)26-20-9-8-16(10-22-20)11-23-21(25)18-6-4-5-7-19(18)28-13-17-12-27-15(3)24-17/h4-10,12,14H,11,13H2,1-3H3,(H,23,25). The highest BCUT2D eigenvalue weighted by Crippen LogP contribution is 2.27. The van der Waals surface area contributed by atoms with Gasteiger partial charge in [-0.2, -0.15) is 0 Å². The first-order valence-electron chi connectivity index (χ1n) is 9.04. The number of rotatable bonds is 8. The first-order valence-corrected chi connectivity index (χ1v) is 10.9. The predicted octanol–water partition coefficient (Wildman–Crippen LogP) is 4.86. The van der Waals surface area contributed by atoms with Crippen molar-refractivity contribution in [2.24, 2.45) is 0 Å². The number of nitrogens with one attached hydrogen (secondary N) is 1. The Morgan fingerprint density at radius 3 is 2.75 bits per heavy atom. The summed E-state index contributed by atoms with van der Waals surface area (Å²) in [4.78, 5) is 22.4. The summed E-state index contributed by atoms with van der Waals surface area (Å²) < 4.78 is 5.54. The molecule has 1 N–H and O–H groups in total. The molecule has 2 heterocycles. The molecule has 0 fully saturated rings. The van der Waals surface area contributed by atoms with Crippen molar-refractivity contribution in [3.05, 3.63) is 69.8 Å². The van der Waals surface area contributed by atoms with Crippen molar-refractivity contribution in [2.45, 2.75) is 44.1 Å². The summed E-state index contributed by atoms with van der Waals surface area (Å²) in [5.74, 6) is 1.24. The summed E-state index contributed by atoms with van der Waals surface area (Å²) in [7, 11) is 0. The van der Waals surface area contributed by atoms with Gasteiger partial charge in [-0.1, -0.05) is 18.2 Å². The fraction of sp³-hybridized carbons (Fsp3) is 0.286. The molecule has 28 heavy (non-hydrogen) atoms. The van der Waals surface area contributed by atoms with Crippen LogP contribution in [0.25, 0.3) is 0 Å². The minimum atomic E-state index is -0.0972. The van der Waals surface area contributed by atoms with Crippen LogP contribution in [0.3, 0.4) is 0 Å². The van der Waals surface area contributed by atoms with E-state index in [1.54, 1.807) is 29.3 Å². The number of aryl methyl sites for hydroxylation is 1. The van der Waals surface area contributed by atoms with Crippen LogP contribution < -0.4 is 10.1 Å². The van der Waals surface area contributed by atoms with Gasteiger partial charge in [0.25, 0.3) is 5.91 Å². The van der Waals surface area contributed by atoms with E-state index in [2.05, 4.69) is 20.7 Å². The van der Waals surface area contributed by atoms with Gasteiger partial charge in [-0.3, -0.25) is 4.79 Å². The van der Waals surface area contributed by atoms with Crippen LogP contribution in [0.4, 0.5) is 0 Å². The van der Waals surface area contributed by atoms with Gasteiger partial charge in [-0.05, 0) is 38.5 Å². The zero-order valence-corrected chi connectivity index (χ0v) is 17.8. The van der Waals surface area contributed by atoms with Crippen LogP contribution >= 0.6 is 23.1 Å². The summed E-state index contributed by atoms with van der Waals surface area (Å²) in [6.07, 6.45) is 1.81. The van der Waals surface area contributed by atoms with Crippen molar-refractivity contribution in [3.63, 3.8) is 0 Å². The number of hydrogen-bond donors (Lipinski definition) is 1. The van der Waals surface area contributed by atoms with Crippen LogP contribution in [0.5, 0.6) is 5.88 Å². The normalized spacial score (nSPS) is 10.9. The molecule has 0 unspecified atom stereocenters. The van der Waals surface area contributed by atoms with E-state index in [9.17, 15) is 4.79 Å². The zero-order valence-electron chi connectivity index (χ0n) is 16.1. The van der Waals surface area contributed by atoms with Crippen LogP contribution in [0.1, 0.15) is 40.5 Å². The third-order valence-corrected chi connectivity index (χ3v) is 5.71. The summed E-state index contributed by atoms with van der Waals surface area (Å²) >= 11 is 3.27. The minimum absolute atomic E-state index is 0.0836. The fourth-order valence-electron chi connectivity index (χ4n) is 2.51. The van der Waals surface area contributed by atoms with Crippen molar-refractivity contribution in [3.8, 4) is 5.88 Å². The Balaban J connectivity index is 1.59. The third kappa shape index (κ3) is 5.81. The van der Waals surface area contributed by atoms with E-state index < -0.39 is 0 Å². The van der Waals surface area contributed by atoms with Gasteiger partial charge in [0, 0.05) is 34.8 Å². The summed E-state index contributed by atoms with van der Waals surface area (Å²) in [6, 6.07) is 11.4. The highest BCUT2D eigenvalue weighted by Gasteiger charge is 2.12. The van der Waals surface area contributed by atoms with Crippen LogP contribution in [-0.2, 0) is 12.3 Å². The smallest absolute Gasteiger partial charge is 0.252 e. The first kappa shape index (κ1) is 20.4. The van der Waals surface area contributed by atoms with E-state index in [4.69, 9.17) is 4.74 Å². The molecule has 0 aliphatic rings. The van der Waals surface area contributed by atoms with Crippen molar-refractivity contribution in [1.82, 2.24) is 15.3 Å². The number of carbonyl (C=O) groups excluding carboxylic acids is 1. The maximum Gasteiger partial charge on any atom is 0.252 e. The molecule has 3 rings (SSSR count). The van der Waals surface area contributed by atoms with Crippen molar-refractivity contribution in [2.75, 3.05) is 0 Å². The Kier molecular flexibility index (Phi) is 7.06. The SMILES string of the molecule is Cc1nc(CSc2ccccc2C(=O)NCc2ccc(OC(C)C)nc2)cs1. The van der Waals surface area contributed by atoms with Gasteiger partial charge in [0.05, 0.1) is 22.4 Å². The molecule has 0 saturated carbocycles. The molecule has 0 saturated heterocycles. The number of amides is 1. The molecular weight excluding hydrogens is 390 g/mol. The molecule has 3 aromatic rings. The number of nitrogens with zero attached hydrogens (tertiary/aromatic N) is 2. The Morgan fingerprint density at radius 1 is 1.25 bits per heavy atom. The average Bonchev–Trinajstić information content (AvgIpc) is 3.10. The molecule has 1 amide bonds. The monoisotopic (exact) mass is 413 g/mol. The highest BCUT2D eigenvalue weighted by molar-refractivity contribution is 7.98. The molecular formula is C21H23N3O2S2. The number of carbonyl (C=O) groups is 1. The number of benzene rings is 1. The van der Waals surface area contributed by atoms with E-state index in [-0.39, 0.29) is 12.0 Å². The lowest BCUT2D eigenvalue weighted by Crippen LogP contribution is -2.23. The lowest BCUT2D eigenvalue weighted by molar-refractivity contribution is 0.0948. The minimum Gasteiger partial charge on any atom is -0.475 e. The molecule has 0 radical (unpaired) electrons. The molecule has 5 nitrogen and oxygen atoms in total. The fourth-order valence-corrected chi connectivity index (χ4v) is 4.17. The van der Waals surface area contributed by atoms with E-state index in [1.165, 1.54) is 0 Å². The van der Waals surface area contributed by atoms with Gasteiger partial charge >= 0.3 is 0 Å². The number of hydrogen-bond acceptors (Lipinski definition) is 6. The van der Waals surface area contributed by atoms with Gasteiger partial charge in [-0.25, -0.2) is 9.97 Å². The van der Waals surface area contributed by atoms with Crippen molar-refractivity contribution >= 4 is 29.0 Å². The van der Waals surface area contributed by atoms with E-state index in [0.29, 0.717) is 18.0 Å². The van der Waals surface area contributed by atoms with Crippen LogP contribution in [0.15, 0.2) is 52.9 Å². The Morgan fingerprint density at radius 2 is 2.07 bits per heavy atom. The Labute approximate surface area is 173 Å². The van der Waals surface area contributed by atoms with Crippen LogP contribution in [-0.4, -0.2) is 22.0 Å². The van der Waals surface area contributed by atoms with Gasteiger partial charge in [-0.15, -0.1) is 23.1 Å². The van der Waals surface area contributed by atoms with Gasteiger partial charge in [0.1, 0.15) is 0 Å². The maximum absolute atomic E-state index is 12.7. The summed E-state index contributed by atoms with van der Waals surface area (Å²) in [5, 5.41) is 6.09. The lowest BCUT2D eigenvalue weighted by Gasteiger charge is -2.11. The average molecular weight is 414 g/mol. The summed E-state index contributed by atoms with van der Waals surface area (Å²) in [6.45, 7) is 6.33. The number of thiazole rings is 1. The first-order chi connectivity index (χ1) is 13.5. The van der Waals surface area contributed by atoms with E-state index in [1.807, 2.05) is 57.2 Å². The molecule has 1 aromatic carbocycles. The number of thioether (sulfide) groups is 1. The van der Waals surface area contributed by atoms with Crippen LogP contribution in [0, 0.1) is 6.92 Å². The second-order valence-corrected chi connectivity index (χ2v) is 8.58. The molecule has 0 bridgehead atoms. The quantitative estimate of drug-likeness (QED) is 0.535.